The Morgan fingerprint density at radius 3 is 2.84 bits per heavy atom. The summed E-state index contributed by atoms with van der Waals surface area (Å²) in [5, 5.41) is 25.7. The monoisotopic (exact) mass is 261 g/mol. The van der Waals surface area contributed by atoms with Crippen molar-refractivity contribution < 1.29 is 15.0 Å². The summed E-state index contributed by atoms with van der Waals surface area (Å²) < 4.78 is 1.69. The van der Waals surface area contributed by atoms with Gasteiger partial charge < -0.3 is 15.5 Å². The highest BCUT2D eigenvalue weighted by molar-refractivity contribution is 5.97. The van der Waals surface area contributed by atoms with Gasteiger partial charge in [-0.3, -0.25) is 9.48 Å². The van der Waals surface area contributed by atoms with Crippen molar-refractivity contribution in [2.24, 2.45) is 7.05 Å². The molecule has 1 aromatic heterocycles. The molecule has 0 atom stereocenters. The molecule has 6 nitrogen and oxygen atoms in total. The third-order valence-electron chi connectivity index (χ3n) is 2.66. The van der Waals surface area contributed by atoms with Crippen LogP contribution in [0.4, 0.5) is 0 Å². The lowest BCUT2D eigenvalue weighted by Gasteiger charge is -2.06. The van der Waals surface area contributed by atoms with Crippen molar-refractivity contribution in [1.82, 2.24) is 15.1 Å². The Labute approximate surface area is 110 Å². The minimum absolute atomic E-state index is 0.0565. The van der Waals surface area contributed by atoms with E-state index in [0.29, 0.717) is 13.0 Å². The Bertz CT molecular complexity index is 593. The lowest BCUT2D eigenvalue weighted by atomic mass is 10.1. The number of rotatable bonds is 4. The van der Waals surface area contributed by atoms with E-state index in [1.165, 1.54) is 18.2 Å². The molecule has 0 spiro atoms. The summed E-state index contributed by atoms with van der Waals surface area (Å²) in [6.07, 6.45) is 2.43. The molecule has 2 rings (SSSR count). The first-order valence-corrected chi connectivity index (χ1v) is 5.85. The molecule has 0 aliphatic carbocycles. The highest BCUT2D eigenvalue weighted by Gasteiger charge is 2.11. The van der Waals surface area contributed by atoms with Crippen LogP contribution in [0.2, 0.25) is 0 Å². The first kappa shape index (κ1) is 12.9. The van der Waals surface area contributed by atoms with Crippen LogP contribution in [0.3, 0.4) is 0 Å². The van der Waals surface area contributed by atoms with Gasteiger partial charge in [0.15, 0.2) is 0 Å². The zero-order valence-electron chi connectivity index (χ0n) is 10.5. The van der Waals surface area contributed by atoms with Crippen LogP contribution in [0, 0.1) is 0 Å². The van der Waals surface area contributed by atoms with Gasteiger partial charge in [-0.05, 0) is 24.3 Å². The second-order valence-corrected chi connectivity index (χ2v) is 4.19. The van der Waals surface area contributed by atoms with Crippen LogP contribution in [0.15, 0.2) is 30.5 Å². The van der Waals surface area contributed by atoms with Crippen LogP contribution in [-0.2, 0) is 13.5 Å². The number of nitrogens with one attached hydrogen (secondary N) is 1. The highest BCUT2D eigenvalue weighted by atomic mass is 16.3. The van der Waals surface area contributed by atoms with E-state index >= 15 is 0 Å². The van der Waals surface area contributed by atoms with Crippen LogP contribution in [0.1, 0.15) is 16.1 Å². The van der Waals surface area contributed by atoms with E-state index < -0.39 is 5.91 Å². The molecule has 0 fully saturated rings. The summed E-state index contributed by atoms with van der Waals surface area (Å²) in [6, 6.07) is 5.70. The zero-order valence-corrected chi connectivity index (χ0v) is 10.5. The second kappa shape index (κ2) is 5.43. The normalized spacial score (nSPS) is 10.4. The molecular formula is C13H15N3O3. The van der Waals surface area contributed by atoms with Crippen molar-refractivity contribution in [2.45, 2.75) is 6.42 Å². The van der Waals surface area contributed by atoms with Gasteiger partial charge in [-0.2, -0.15) is 5.10 Å². The number of phenolic OH excluding ortho intramolecular Hbond substituents is 2. The summed E-state index contributed by atoms with van der Waals surface area (Å²) in [6.45, 7) is 0.408. The summed E-state index contributed by atoms with van der Waals surface area (Å²) in [4.78, 5) is 11.8. The summed E-state index contributed by atoms with van der Waals surface area (Å²) in [7, 11) is 1.83. The lowest BCUT2D eigenvalue weighted by molar-refractivity contribution is 0.0951. The van der Waals surface area contributed by atoms with Crippen molar-refractivity contribution in [3.8, 4) is 11.5 Å². The van der Waals surface area contributed by atoms with Crippen LogP contribution in [0.5, 0.6) is 11.5 Å². The van der Waals surface area contributed by atoms with Crippen molar-refractivity contribution in [3.63, 3.8) is 0 Å². The number of aryl methyl sites for hydroxylation is 1. The smallest absolute Gasteiger partial charge is 0.255 e. The van der Waals surface area contributed by atoms with E-state index in [2.05, 4.69) is 10.4 Å². The maximum Gasteiger partial charge on any atom is 0.255 e. The molecule has 0 saturated carbocycles. The molecule has 0 saturated heterocycles. The summed E-state index contributed by atoms with van der Waals surface area (Å²) >= 11 is 0. The third kappa shape index (κ3) is 3.25. The van der Waals surface area contributed by atoms with Gasteiger partial charge in [0, 0.05) is 26.2 Å². The molecule has 0 radical (unpaired) electrons. The van der Waals surface area contributed by atoms with E-state index in [9.17, 15) is 15.0 Å². The highest BCUT2D eigenvalue weighted by Crippen LogP contribution is 2.21. The largest absolute Gasteiger partial charge is 0.508 e. The molecule has 1 amide bonds. The van der Waals surface area contributed by atoms with Gasteiger partial charge in [-0.1, -0.05) is 0 Å². The number of hydrogen-bond donors (Lipinski definition) is 3. The molecule has 1 heterocycles. The maximum atomic E-state index is 11.8. The molecule has 2 aromatic rings. The summed E-state index contributed by atoms with van der Waals surface area (Å²) in [5.41, 5.74) is 0.934. The van der Waals surface area contributed by atoms with Crippen LogP contribution >= 0.6 is 0 Å². The standard InChI is InChI=1S/C13H15N3O3/c1-16-7-5-9(15-16)4-6-14-13(19)11-8-10(17)2-3-12(11)18/h2-3,5,7-8,17-18H,4,6H2,1H3,(H,14,19). The van der Waals surface area contributed by atoms with Gasteiger partial charge >= 0.3 is 0 Å². The Hall–Kier alpha value is -2.50. The van der Waals surface area contributed by atoms with Crippen molar-refractivity contribution in [3.05, 3.63) is 41.7 Å². The van der Waals surface area contributed by atoms with E-state index in [0.717, 1.165) is 5.69 Å². The topological polar surface area (TPSA) is 87.4 Å². The van der Waals surface area contributed by atoms with E-state index in [4.69, 9.17) is 0 Å². The first-order valence-electron chi connectivity index (χ1n) is 5.85. The van der Waals surface area contributed by atoms with Gasteiger partial charge in [0.05, 0.1) is 11.3 Å². The SMILES string of the molecule is Cn1ccc(CCNC(=O)c2cc(O)ccc2O)n1. The third-order valence-corrected chi connectivity index (χ3v) is 2.66. The predicted octanol–water partition coefficient (Wildman–Crippen LogP) is 0.804. The van der Waals surface area contributed by atoms with E-state index in [-0.39, 0.29) is 17.1 Å². The quantitative estimate of drug-likeness (QED) is 0.710. The average Bonchev–Trinajstić information content (AvgIpc) is 2.78. The number of amides is 1. The van der Waals surface area contributed by atoms with Crippen LogP contribution in [-0.4, -0.2) is 32.4 Å². The fourth-order valence-electron chi connectivity index (χ4n) is 1.70. The Kier molecular flexibility index (Phi) is 3.70. The van der Waals surface area contributed by atoms with Gasteiger partial charge in [0.1, 0.15) is 11.5 Å². The lowest BCUT2D eigenvalue weighted by Crippen LogP contribution is -2.25. The van der Waals surface area contributed by atoms with Crippen LogP contribution in [0.25, 0.3) is 0 Å². The summed E-state index contributed by atoms with van der Waals surface area (Å²) in [5.74, 6) is -0.648. The molecule has 1 aromatic carbocycles. The second-order valence-electron chi connectivity index (χ2n) is 4.19. The maximum absolute atomic E-state index is 11.8. The molecule has 0 bridgehead atoms. The Morgan fingerprint density at radius 1 is 1.37 bits per heavy atom. The van der Waals surface area contributed by atoms with E-state index in [1.807, 2.05) is 19.3 Å². The number of phenols is 2. The van der Waals surface area contributed by atoms with Crippen molar-refractivity contribution in [1.29, 1.82) is 0 Å². The molecule has 3 N–H and O–H groups in total. The number of aromatic hydroxyl groups is 2. The molecule has 0 unspecified atom stereocenters. The molecule has 0 aliphatic rings. The van der Waals surface area contributed by atoms with Gasteiger partial charge in [0.25, 0.3) is 5.91 Å². The van der Waals surface area contributed by atoms with Gasteiger partial charge in [-0.25, -0.2) is 0 Å². The number of benzene rings is 1. The Morgan fingerprint density at radius 2 is 2.16 bits per heavy atom. The van der Waals surface area contributed by atoms with Crippen molar-refractivity contribution >= 4 is 5.91 Å². The van der Waals surface area contributed by atoms with Gasteiger partial charge in [0.2, 0.25) is 0 Å². The fourth-order valence-corrected chi connectivity index (χ4v) is 1.70. The van der Waals surface area contributed by atoms with Gasteiger partial charge in [-0.15, -0.1) is 0 Å². The minimum Gasteiger partial charge on any atom is -0.508 e. The minimum atomic E-state index is -0.427. The molecular weight excluding hydrogens is 246 g/mol. The van der Waals surface area contributed by atoms with Crippen LogP contribution < -0.4 is 5.32 Å². The number of nitrogens with zero attached hydrogens (tertiary/aromatic N) is 2. The number of aromatic nitrogens is 2. The molecule has 100 valence electrons. The Balaban J connectivity index is 1.92. The number of carbonyl (C=O) groups is 1. The first-order chi connectivity index (χ1) is 9.06. The molecule has 6 heteroatoms. The predicted molar refractivity (Wildman–Crippen MR) is 69.0 cm³/mol. The number of carbonyl (C=O) groups excluding carboxylic acids is 1. The fraction of sp³-hybridized carbons (Fsp3) is 0.231. The van der Waals surface area contributed by atoms with Crippen molar-refractivity contribution in [2.75, 3.05) is 6.54 Å². The number of hydrogen-bond acceptors (Lipinski definition) is 4. The molecule has 0 aliphatic heterocycles. The van der Waals surface area contributed by atoms with E-state index in [1.54, 1.807) is 4.68 Å². The zero-order chi connectivity index (χ0) is 13.8. The molecule has 19 heavy (non-hydrogen) atoms. The average molecular weight is 261 g/mol.